The number of hydrogen-bond donors (Lipinski definition) is 1. The molecule has 116 valence electrons. The summed E-state index contributed by atoms with van der Waals surface area (Å²) in [6.45, 7) is 3.56. The van der Waals surface area contributed by atoms with Crippen molar-refractivity contribution >= 4 is 15.9 Å². The van der Waals surface area contributed by atoms with Crippen LogP contribution in [-0.4, -0.2) is 38.3 Å². The van der Waals surface area contributed by atoms with E-state index in [2.05, 4.69) is 5.32 Å². The molecule has 1 N–H and O–H groups in total. The van der Waals surface area contributed by atoms with Gasteiger partial charge in [-0.1, -0.05) is 25.5 Å². The largest absolute Gasteiger partial charge is 0.352 e. The van der Waals surface area contributed by atoms with Crippen LogP contribution in [0.5, 0.6) is 0 Å². The highest BCUT2D eigenvalue weighted by Crippen LogP contribution is 2.23. The van der Waals surface area contributed by atoms with E-state index in [9.17, 15) is 13.2 Å². The summed E-state index contributed by atoms with van der Waals surface area (Å²) >= 11 is 0. The maximum absolute atomic E-state index is 12.7. The zero-order chi connectivity index (χ0) is 15.3. The first-order valence-electron chi connectivity index (χ1n) is 7.44. The van der Waals surface area contributed by atoms with E-state index in [1.165, 1.54) is 10.4 Å². The van der Waals surface area contributed by atoms with Crippen molar-refractivity contribution < 1.29 is 13.2 Å². The van der Waals surface area contributed by atoms with E-state index >= 15 is 0 Å². The Labute approximate surface area is 126 Å². The Hall–Kier alpha value is -1.40. The summed E-state index contributed by atoms with van der Waals surface area (Å²) < 4.78 is 27.0. The molecule has 1 aliphatic rings. The number of benzene rings is 1. The van der Waals surface area contributed by atoms with E-state index in [4.69, 9.17) is 0 Å². The quantitative estimate of drug-likeness (QED) is 0.904. The Kier molecular flexibility index (Phi) is 5.36. The van der Waals surface area contributed by atoms with Crippen LogP contribution in [-0.2, 0) is 10.0 Å². The second kappa shape index (κ2) is 7.04. The molecule has 1 fully saturated rings. The summed E-state index contributed by atoms with van der Waals surface area (Å²) in [6, 6.07) is 6.44. The van der Waals surface area contributed by atoms with Crippen molar-refractivity contribution in [1.29, 1.82) is 0 Å². The average molecular weight is 310 g/mol. The van der Waals surface area contributed by atoms with E-state index in [1.807, 2.05) is 6.92 Å². The van der Waals surface area contributed by atoms with Gasteiger partial charge in [-0.2, -0.15) is 4.31 Å². The number of carbonyl (C=O) groups excluding carboxylic acids is 1. The molecule has 2 rings (SSSR count). The summed E-state index contributed by atoms with van der Waals surface area (Å²) in [5.41, 5.74) is 0.233. The lowest BCUT2D eigenvalue weighted by Crippen LogP contribution is -2.37. The van der Waals surface area contributed by atoms with Crippen LogP contribution in [0.3, 0.4) is 0 Å². The number of piperidine rings is 1. The standard InChI is InChI=1S/C15H22N2O3S/c1-2-10-16-15(18)13-8-4-5-9-14(13)21(19,20)17-11-6-3-7-12-17/h4-5,8-9H,2-3,6-7,10-12H2,1H3,(H,16,18). The number of rotatable bonds is 5. The Bertz CT molecular complexity index is 593. The van der Waals surface area contributed by atoms with Crippen molar-refractivity contribution in [3.63, 3.8) is 0 Å². The molecule has 0 unspecified atom stereocenters. The second-order valence-electron chi connectivity index (χ2n) is 5.22. The lowest BCUT2D eigenvalue weighted by Gasteiger charge is -2.26. The third-order valence-corrected chi connectivity index (χ3v) is 5.56. The van der Waals surface area contributed by atoms with E-state index in [0.29, 0.717) is 19.6 Å². The lowest BCUT2D eigenvalue weighted by atomic mass is 10.2. The number of amides is 1. The van der Waals surface area contributed by atoms with Gasteiger partial charge in [0.25, 0.3) is 5.91 Å². The third kappa shape index (κ3) is 3.63. The fourth-order valence-corrected chi connectivity index (χ4v) is 4.16. The molecule has 0 atom stereocenters. The summed E-state index contributed by atoms with van der Waals surface area (Å²) in [4.78, 5) is 12.3. The molecular formula is C15H22N2O3S. The van der Waals surface area contributed by atoms with Gasteiger partial charge < -0.3 is 5.32 Å². The van der Waals surface area contributed by atoms with Crippen LogP contribution in [0, 0.1) is 0 Å². The number of hydrogen-bond acceptors (Lipinski definition) is 3. The van der Waals surface area contributed by atoms with Crippen molar-refractivity contribution in [2.24, 2.45) is 0 Å². The van der Waals surface area contributed by atoms with E-state index in [-0.39, 0.29) is 16.4 Å². The number of nitrogens with one attached hydrogen (secondary N) is 1. The highest BCUT2D eigenvalue weighted by molar-refractivity contribution is 7.89. The van der Waals surface area contributed by atoms with Crippen molar-refractivity contribution in [2.45, 2.75) is 37.5 Å². The lowest BCUT2D eigenvalue weighted by molar-refractivity contribution is 0.0950. The predicted molar refractivity (Wildman–Crippen MR) is 81.7 cm³/mol. The Morgan fingerprint density at radius 1 is 1.19 bits per heavy atom. The normalized spacial score (nSPS) is 16.6. The molecule has 0 bridgehead atoms. The van der Waals surface area contributed by atoms with Crippen LogP contribution in [0.1, 0.15) is 43.0 Å². The molecule has 1 aromatic rings. The van der Waals surface area contributed by atoms with Gasteiger partial charge in [-0.3, -0.25) is 4.79 Å². The monoisotopic (exact) mass is 310 g/mol. The highest BCUT2D eigenvalue weighted by Gasteiger charge is 2.29. The predicted octanol–water partition coefficient (Wildman–Crippen LogP) is 2.00. The fraction of sp³-hybridized carbons (Fsp3) is 0.533. The van der Waals surface area contributed by atoms with Crippen LogP contribution < -0.4 is 5.32 Å². The molecule has 0 radical (unpaired) electrons. The summed E-state index contributed by atoms with van der Waals surface area (Å²) in [7, 11) is -3.59. The topological polar surface area (TPSA) is 66.5 Å². The first-order chi connectivity index (χ1) is 10.1. The molecule has 21 heavy (non-hydrogen) atoms. The minimum absolute atomic E-state index is 0.112. The van der Waals surface area contributed by atoms with Crippen molar-refractivity contribution in [2.75, 3.05) is 19.6 Å². The van der Waals surface area contributed by atoms with E-state index in [0.717, 1.165) is 25.7 Å². The number of nitrogens with zero attached hydrogens (tertiary/aromatic N) is 1. The van der Waals surface area contributed by atoms with Crippen LogP contribution in [0.2, 0.25) is 0 Å². The SMILES string of the molecule is CCCNC(=O)c1ccccc1S(=O)(=O)N1CCCCC1. The number of carbonyl (C=O) groups is 1. The van der Waals surface area contributed by atoms with E-state index in [1.54, 1.807) is 18.2 Å². The van der Waals surface area contributed by atoms with Crippen LogP contribution in [0.25, 0.3) is 0 Å². The smallest absolute Gasteiger partial charge is 0.252 e. The second-order valence-corrected chi connectivity index (χ2v) is 7.12. The zero-order valence-corrected chi connectivity index (χ0v) is 13.2. The average Bonchev–Trinajstić information content (AvgIpc) is 2.53. The molecule has 5 nitrogen and oxygen atoms in total. The van der Waals surface area contributed by atoms with Crippen molar-refractivity contribution in [3.05, 3.63) is 29.8 Å². The zero-order valence-electron chi connectivity index (χ0n) is 12.3. The van der Waals surface area contributed by atoms with Gasteiger partial charge in [0.15, 0.2) is 0 Å². The van der Waals surface area contributed by atoms with Gasteiger partial charge in [-0.15, -0.1) is 0 Å². The van der Waals surface area contributed by atoms with Gasteiger partial charge >= 0.3 is 0 Å². The molecule has 0 saturated carbocycles. The van der Waals surface area contributed by atoms with Gasteiger partial charge in [0, 0.05) is 19.6 Å². The van der Waals surface area contributed by atoms with Crippen LogP contribution >= 0.6 is 0 Å². The summed E-state index contributed by atoms with van der Waals surface area (Å²) in [6.07, 6.45) is 3.63. The highest BCUT2D eigenvalue weighted by atomic mass is 32.2. The first-order valence-corrected chi connectivity index (χ1v) is 8.88. The van der Waals surface area contributed by atoms with Gasteiger partial charge in [0.05, 0.1) is 10.5 Å². The molecule has 1 aliphatic heterocycles. The maximum atomic E-state index is 12.7. The van der Waals surface area contributed by atoms with Gasteiger partial charge in [0.2, 0.25) is 10.0 Å². The molecule has 1 heterocycles. The molecule has 0 aliphatic carbocycles. The third-order valence-electron chi connectivity index (χ3n) is 3.60. The van der Waals surface area contributed by atoms with Crippen LogP contribution in [0.15, 0.2) is 29.2 Å². The minimum atomic E-state index is -3.59. The molecule has 0 spiro atoms. The maximum Gasteiger partial charge on any atom is 0.252 e. The van der Waals surface area contributed by atoms with Gasteiger partial charge in [-0.05, 0) is 31.4 Å². The summed E-state index contributed by atoms with van der Waals surface area (Å²) in [5, 5.41) is 2.74. The van der Waals surface area contributed by atoms with Gasteiger partial charge in [0.1, 0.15) is 0 Å². The molecule has 0 aromatic heterocycles. The van der Waals surface area contributed by atoms with Crippen LogP contribution in [0.4, 0.5) is 0 Å². The minimum Gasteiger partial charge on any atom is -0.352 e. The Balaban J connectivity index is 2.32. The van der Waals surface area contributed by atoms with Crippen molar-refractivity contribution in [3.8, 4) is 0 Å². The van der Waals surface area contributed by atoms with Gasteiger partial charge in [-0.25, -0.2) is 8.42 Å². The summed E-state index contributed by atoms with van der Waals surface area (Å²) in [5.74, 6) is -0.326. The molecular weight excluding hydrogens is 288 g/mol. The molecule has 1 aromatic carbocycles. The molecule has 6 heteroatoms. The number of sulfonamides is 1. The molecule has 1 amide bonds. The Morgan fingerprint density at radius 2 is 1.86 bits per heavy atom. The molecule has 1 saturated heterocycles. The first kappa shape index (κ1) is 16.0. The van der Waals surface area contributed by atoms with Crippen molar-refractivity contribution in [1.82, 2.24) is 9.62 Å². The Morgan fingerprint density at radius 3 is 2.52 bits per heavy atom. The fourth-order valence-electron chi connectivity index (χ4n) is 2.46. The van der Waals surface area contributed by atoms with E-state index < -0.39 is 10.0 Å².